The Hall–Kier alpha value is -0.600. The van der Waals surface area contributed by atoms with Crippen molar-refractivity contribution in [3.8, 4) is 0 Å². The van der Waals surface area contributed by atoms with Gasteiger partial charge in [0.05, 0.1) is 0 Å². The predicted molar refractivity (Wildman–Crippen MR) is 81.3 cm³/mol. The number of rotatable bonds is 7. The second kappa shape index (κ2) is 7.86. The van der Waals surface area contributed by atoms with Gasteiger partial charge in [-0.25, -0.2) is 4.39 Å². The lowest BCUT2D eigenvalue weighted by Gasteiger charge is -2.25. The molecule has 0 aliphatic heterocycles. The summed E-state index contributed by atoms with van der Waals surface area (Å²) in [5.74, 6) is 1.20. The minimum atomic E-state index is -0.271. The lowest BCUT2D eigenvalue weighted by molar-refractivity contribution is 0.409. The van der Waals surface area contributed by atoms with Crippen LogP contribution in [0, 0.1) is 17.7 Å². The van der Waals surface area contributed by atoms with Crippen LogP contribution in [0.4, 0.5) is 4.39 Å². The summed E-state index contributed by atoms with van der Waals surface area (Å²) >= 11 is 6.20. The van der Waals surface area contributed by atoms with Crippen molar-refractivity contribution in [2.75, 3.05) is 13.1 Å². The van der Waals surface area contributed by atoms with Gasteiger partial charge >= 0.3 is 0 Å². The Morgan fingerprint density at radius 2 is 1.89 bits per heavy atom. The summed E-state index contributed by atoms with van der Waals surface area (Å²) in [6.07, 6.45) is 1.09. The quantitative estimate of drug-likeness (QED) is 0.755. The van der Waals surface area contributed by atoms with Gasteiger partial charge in [0.1, 0.15) is 5.82 Å². The fourth-order valence-corrected chi connectivity index (χ4v) is 2.54. The first kappa shape index (κ1) is 16.5. The van der Waals surface area contributed by atoms with Crippen LogP contribution in [0.2, 0.25) is 5.02 Å². The van der Waals surface area contributed by atoms with Crippen molar-refractivity contribution in [1.82, 2.24) is 5.32 Å². The van der Waals surface area contributed by atoms with E-state index in [9.17, 15) is 4.39 Å². The molecule has 3 heteroatoms. The van der Waals surface area contributed by atoms with Crippen molar-refractivity contribution < 1.29 is 4.39 Å². The number of hydrogen-bond donors (Lipinski definition) is 1. The summed E-state index contributed by atoms with van der Waals surface area (Å²) < 4.78 is 13.2. The molecule has 0 heterocycles. The van der Waals surface area contributed by atoms with Crippen LogP contribution in [-0.4, -0.2) is 13.1 Å². The summed E-state index contributed by atoms with van der Waals surface area (Å²) in [7, 11) is 0. The molecule has 0 saturated heterocycles. The SMILES string of the molecule is CCC(C)C(CNCC(C)C)c1ccc(F)cc1Cl. The second-order valence-corrected chi connectivity index (χ2v) is 6.12. The Morgan fingerprint density at radius 3 is 2.42 bits per heavy atom. The lowest BCUT2D eigenvalue weighted by Crippen LogP contribution is -2.28. The van der Waals surface area contributed by atoms with Gasteiger partial charge in [-0.2, -0.15) is 0 Å². The largest absolute Gasteiger partial charge is 0.316 e. The molecule has 0 aliphatic carbocycles. The van der Waals surface area contributed by atoms with Gasteiger partial charge in [-0.3, -0.25) is 0 Å². The molecule has 0 bridgehead atoms. The first-order chi connectivity index (χ1) is 8.95. The third-order valence-corrected chi connectivity index (χ3v) is 3.94. The zero-order valence-corrected chi connectivity index (χ0v) is 13.1. The number of benzene rings is 1. The lowest BCUT2D eigenvalue weighted by atomic mass is 9.85. The van der Waals surface area contributed by atoms with Crippen LogP contribution in [-0.2, 0) is 0 Å². The molecule has 2 unspecified atom stereocenters. The van der Waals surface area contributed by atoms with Crippen molar-refractivity contribution in [3.05, 3.63) is 34.6 Å². The van der Waals surface area contributed by atoms with E-state index >= 15 is 0 Å². The fraction of sp³-hybridized carbons (Fsp3) is 0.625. The molecule has 0 aliphatic rings. The predicted octanol–water partition coefficient (Wildman–Crippen LogP) is 4.85. The van der Waals surface area contributed by atoms with Crippen LogP contribution in [0.1, 0.15) is 45.6 Å². The molecular weight excluding hydrogens is 261 g/mol. The topological polar surface area (TPSA) is 12.0 Å². The average molecular weight is 286 g/mol. The van der Waals surface area contributed by atoms with Crippen LogP contribution < -0.4 is 5.32 Å². The van der Waals surface area contributed by atoms with E-state index in [1.54, 1.807) is 0 Å². The molecule has 1 rings (SSSR count). The van der Waals surface area contributed by atoms with E-state index in [1.807, 2.05) is 6.07 Å². The van der Waals surface area contributed by atoms with Gasteiger partial charge in [0, 0.05) is 17.5 Å². The van der Waals surface area contributed by atoms with Crippen LogP contribution in [0.5, 0.6) is 0 Å². The van der Waals surface area contributed by atoms with Crippen LogP contribution in [0.3, 0.4) is 0 Å². The summed E-state index contributed by atoms with van der Waals surface area (Å²) in [5.41, 5.74) is 1.05. The van der Waals surface area contributed by atoms with E-state index in [2.05, 4.69) is 33.0 Å². The Morgan fingerprint density at radius 1 is 1.21 bits per heavy atom. The van der Waals surface area contributed by atoms with Gasteiger partial charge in [0.15, 0.2) is 0 Å². The zero-order valence-electron chi connectivity index (χ0n) is 12.3. The van der Waals surface area contributed by atoms with Gasteiger partial charge in [-0.1, -0.05) is 51.8 Å². The van der Waals surface area contributed by atoms with Crippen molar-refractivity contribution >= 4 is 11.6 Å². The molecule has 1 N–H and O–H groups in total. The van der Waals surface area contributed by atoms with Crippen LogP contribution in [0.25, 0.3) is 0 Å². The van der Waals surface area contributed by atoms with Crippen molar-refractivity contribution in [2.45, 2.75) is 40.0 Å². The van der Waals surface area contributed by atoms with Gasteiger partial charge in [0.2, 0.25) is 0 Å². The molecule has 0 saturated carbocycles. The van der Waals surface area contributed by atoms with Crippen molar-refractivity contribution in [1.29, 1.82) is 0 Å². The molecule has 0 radical (unpaired) electrons. The highest BCUT2D eigenvalue weighted by Crippen LogP contribution is 2.32. The van der Waals surface area contributed by atoms with E-state index in [0.717, 1.165) is 25.1 Å². The molecule has 108 valence electrons. The Labute approximate surface area is 121 Å². The number of nitrogens with one attached hydrogen (secondary N) is 1. The highest BCUT2D eigenvalue weighted by Gasteiger charge is 2.20. The van der Waals surface area contributed by atoms with E-state index in [1.165, 1.54) is 12.1 Å². The maximum atomic E-state index is 13.2. The van der Waals surface area contributed by atoms with E-state index < -0.39 is 0 Å². The minimum absolute atomic E-state index is 0.271. The molecule has 0 spiro atoms. The van der Waals surface area contributed by atoms with Gasteiger partial charge in [-0.15, -0.1) is 0 Å². The summed E-state index contributed by atoms with van der Waals surface area (Å²) in [5, 5.41) is 4.03. The fourth-order valence-electron chi connectivity index (χ4n) is 2.23. The Balaban J connectivity index is 2.83. The molecule has 0 aromatic heterocycles. The molecular formula is C16H25ClFN. The normalized spacial score (nSPS) is 14.7. The first-order valence-electron chi connectivity index (χ1n) is 7.11. The molecule has 1 aromatic rings. The van der Waals surface area contributed by atoms with E-state index in [-0.39, 0.29) is 5.82 Å². The molecule has 2 atom stereocenters. The van der Waals surface area contributed by atoms with Gasteiger partial charge in [0.25, 0.3) is 0 Å². The van der Waals surface area contributed by atoms with Crippen molar-refractivity contribution in [2.24, 2.45) is 11.8 Å². The maximum Gasteiger partial charge on any atom is 0.124 e. The Bertz CT molecular complexity index is 392. The summed E-state index contributed by atoms with van der Waals surface area (Å²) in [6.45, 7) is 10.7. The molecule has 1 nitrogen and oxygen atoms in total. The molecule has 0 amide bonds. The number of hydrogen-bond acceptors (Lipinski definition) is 1. The summed E-state index contributed by atoms with van der Waals surface area (Å²) in [6, 6.07) is 4.74. The third kappa shape index (κ3) is 5.12. The maximum absolute atomic E-state index is 13.2. The minimum Gasteiger partial charge on any atom is -0.316 e. The molecule has 1 aromatic carbocycles. The first-order valence-corrected chi connectivity index (χ1v) is 7.49. The van der Waals surface area contributed by atoms with Crippen LogP contribution in [0.15, 0.2) is 18.2 Å². The number of halogens is 2. The van der Waals surface area contributed by atoms with Crippen LogP contribution >= 0.6 is 11.6 Å². The van der Waals surface area contributed by atoms with E-state index in [0.29, 0.717) is 22.8 Å². The Kier molecular flexibility index (Phi) is 6.81. The molecule has 19 heavy (non-hydrogen) atoms. The smallest absolute Gasteiger partial charge is 0.124 e. The third-order valence-electron chi connectivity index (χ3n) is 3.61. The zero-order chi connectivity index (χ0) is 14.4. The van der Waals surface area contributed by atoms with Gasteiger partial charge in [-0.05, 0) is 36.1 Å². The average Bonchev–Trinajstić information content (AvgIpc) is 2.34. The highest BCUT2D eigenvalue weighted by atomic mass is 35.5. The van der Waals surface area contributed by atoms with Gasteiger partial charge < -0.3 is 5.32 Å². The summed E-state index contributed by atoms with van der Waals surface area (Å²) in [4.78, 5) is 0. The monoisotopic (exact) mass is 285 g/mol. The highest BCUT2D eigenvalue weighted by molar-refractivity contribution is 6.31. The molecule has 0 fully saturated rings. The second-order valence-electron chi connectivity index (χ2n) is 5.71. The standard InChI is InChI=1S/C16H25ClFN/c1-5-12(4)15(10-19-9-11(2)3)14-7-6-13(18)8-16(14)17/h6-8,11-12,15,19H,5,9-10H2,1-4H3. The van der Waals surface area contributed by atoms with Crippen molar-refractivity contribution in [3.63, 3.8) is 0 Å². The van der Waals surface area contributed by atoms with E-state index in [4.69, 9.17) is 11.6 Å².